The zero-order valence-corrected chi connectivity index (χ0v) is 17.9. The SMILES string of the molecule is CCCCNC(=O)C1CCCN(C(=O)C2CC(=O)N(c3cccc(Br)c3)C2)C1. The van der Waals surface area contributed by atoms with Crippen molar-refractivity contribution in [3.05, 3.63) is 28.7 Å². The number of carbonyl (C=O) groups excluding carboxylic acids is 3. The van der Waals surface area contributed by atoms with Crippen molar-refractivity contribution >= 4 is 39.3 Å². The fraction of sp³-hybridized carbons (Fsp3) is 0.571. The highest BCUT2D eigenvalue weighted by Crippen LogP contribution is 2.29. The molecule has 0 bridgehead atoms. The minimum Gasteiger partial charge on any atom is -0.356 e. The first-order chi connectivity index (χ1) is 13.5. The first-order valence-corrected chi connectivity index (χ1v) is 10.9. The summed E-state index contributed by atoms with van der Waals surface area (Å²) in [4.78, 5) is 41.3. The molecule has 3 amide bonds. The van der Waals surface area contributed by atoms with Crippen molar-refractivity contribution in [3.8, 4) is 0 Å². The van der Waals surface area contributed by atoms with Gasteiger partial charge in [-0.2, -0.15) is 0 Å². The Balaban J connectivity index is 1.59. The molecule has 0 saturated carbocycles. The van der Waals surface area contributed by atoms with E-state index in [1.165, 1.54) is 0 Å². The van der Waals surface area contributed by atoms with Gasteiger partial charge in [-0.05, 0) is 37.5 Å². The molecule has 1 N–H and O–H groups in total. The maximum atomic E-state index is 13.0. The summed E-state index contributed by atoms with van der Waals surface area (Å²) in [5.41, 5.74) is 0.807. The topological polar surface area (TPSA) is 69.7 Å². The fourth-order valence-corrected chi connectivity index (χ4v) is 4.34. The van der Waals surface area contributed by atoms with Crippen LogP contribution in [0.25, 0.3) is 0 Å². The molecule has 2 aliphatic rings. The molecule has 2 unspecified atom stereocenters. The lowest BCUT2D eigenvalue weighted by molar-refractivity contribution is -0.139. The highest BCUT2D eigenvalue weighted by Gasteiger charge is 2.39. The molecule has 152 valence electrons. The Kier molecular flexibility index (Phi) is 7.10. The van der Waals surface area contributed by atoms with Gasteiger partial charge in [0, 0.05) is 42.8 Å². The number of hydrogen-bond donors (Lipinski definition) is 1. The van der Waals surface area contributed by atoms with E-state index in [0.29, 0.717) is 26.2 Å². The maximum absolute atomic E-state index is 13.0. The largest absolute Gasteiger partial charge is 0.356 e. The summed E-state index contributed by atoms with van der Waals surface area (Å²) in [6.07, 6.45) is 3.88. The van der Waals surface area contributed by atoms with Crippen LogP contribution in [0.5, 0.6) is 0 Å². The number of rotatable bonds is 6. The molecule has 0 spiro atoms. The zero-order valence-electron chi connectivity index (χ0n) is 16.3. The van der Waals surface area contributed by atoms with Crippen LogP contribution in [0, 0.1) is 11.8 Å². The average molecular weight is 450 g/mol. The molecule has 2 heterocycles. The van der Waals surface area contributed by atoms with Crippen molar-refractivity contribution in [2.75, 3.05) is 31.1 Å². The number of carbonyl (C=O) groups is 3. The minimum atomic E-state index is -0.339. The summed E-state index contributed by atoms with van der Waals surface area (Å²) in [5.74, 6) is -0.468. The van der Waals surface area contributed by atoms with E-state index in [2.05, 4.69) is 28.2 Å². The fourth-order valence-electron chi connectivity index (χ4n) is 3.95. The molecule has 2 atom stereocenters. The molecule has 2 aliphatic heterocycles. The van der Waals surface area contributed by atoms with Gasteiger partial charge in [0.25, 0.3) is 0 Å². The zero-order chi connectivity index (χ0) is 20.1. The Morgan fingerprint density at radius 3 is 2.82 bits per heavy atom. The Bertz CT molecular complexity index is 739. The molecule has 3 rings (SSSR count). The van der Waals surface area contributed by atoms with Gasteiger partial charge in [-0.3, -0.25) is 14.4 Å². The van der Waals surface area contributed by atoms with Gasteiger partial charge in [0.1, 0.15) is 0 Å². The molecule has 2 fully saturated rings. The van der Waals surface area contributed by atoms with Crippen LogP contribution in [0.4, 0.5) is 5.69 Å². The summed E-state index contributed by atoms with van der Waals surface area (Å²) in [6, 6.07) is 7.57. The van der Waals surface area contributed by atoms with E-state index < -0.39 is 0 Å². The summed E-state index contributed by atoms with van der Waals surface area (Å²) in [7, 11) is 0. The van der Waals surface area contributed by atoms with E-state index in [1.807, 2.05) is 24.3 Å². The van der Waals surface area contributed by atoms with Gasteiger partial charge in [0.05, 0.1) is 11.8 Å². The van der Waals surface area contributed by atoms with Crippen molar-refractivity contribution in [3.63, 3.8) is 0 Å². The van der Waals surface area contributed by atoms with Crippen LogP contribution in [0.15, 0.2) is 28.7 Å². The van der Waals surface area contributed by atoms with Crippen molar-refractivity contribution in [1.29, 1.82) is 0 Å². The van der Waals surface area contributed by atoms with Crippen molar-refractivity contribution < 1.29 is 14.4 Å². The third kappa shape index (κ3) is 4.93. The number of halogens is 1. The Hall–Kier alpha value is -1.89. The van der Waals surface area contributed by atoms with E-state index in [9.17, 15) is 14.4 Å². The summed E-state index contributed by atoms with van der Waals surface area (Å²) < 4.78 is 0.903. The number of nitrogens with zero attached hydrogens (tertiary/aromatic N) is 2. The monoisotopic (exact) mass is 449 g/mol. The predicted molar refractivity (Wildman–Crippen MR) is 112 cm³/mol. The van der Waals surface area contributed by atoms with Gasteiger partial charge in [-0.1, -0.05) is 35.3 Å². The third-order valence-corrected chi connectivity index (χ3v) is 6.02. The number of likely N-dealkylation sites (tertiary alicyclic amines) is 1. The molecular formula is C21H28BrN3O3. The lowest BCUT2D eigenvalue weighted by atomic mass is 9.95. The normalized spacial score (nSPS) is 22.4. The second-order valence-corrected chi connectivity index (χ2v) is 8.57. The summed E-state index contributed by atoms with van der Waals surface area (Å²) in [5, 5.41) is 2.98. The molecule has 1 aromatic carbocycles. The van der Waals surface area contributed by atoms with Crippen molar-refractivity contribution in [1.82, 2.24) is 10.2 Å². The van der Waals surface area contributed by atoms with Gasteiger partial charge in [0.2, 0.25) is 17.7 Å². The van der Waals surface area contributed by atoms with Gasteiger partial charge in [-0.15, -0.1) is 0 Å². The number of hydrogen-bond acceptors (Lipinski definition) is 3. The predicted octanol–water partition coefficient (Wildman–Crippen LogP) is 2.96. The highest BCUT2D eigenvalue weighted by molar-refractivity contribution is 9.10. The molecule has 2 saturated heterocycles. The molecule has 0 radical (unpaired) electrons. The third-order valence-electron chi connectivity index (χ3n) is 5.53. The van der Waals surface area contributed by atoms with E-state index in [4.69, 9.17) is 0 Å². The van der Waals surface area contributed by atoms with Crippen LogP contribution < -0.4 is 10.2 Å². The first kappa shape index (κ1) is 20.8. The molecule has 1 aromatic rings. The molecular weight excluding hydrogens is 422 g/mol. The number of amides is 3. The molecule has 6 nitrogen and oxygen atoms in total. The van der Waals surface area contributed by atoms with E-state index in [-0.39, 0.29) is 36.0 Å². The minimum absolute atomic E-state index is 0.00287. The highest BCUT2D eigenvalue weighted by atomic mass is 79.9. The van der Waals surface area contributed by atoms with E-state index >= 15 is 0 Å². The molecule has 0 aliphatic carbocycles. The Labute approximate surface area is 174 Å². The molecule has 28 heavy (non-hydrogen) atoms. The van der Waals surface area contributed by atoms with Crippen LogP contribution in [0.3, 0.4) is 0 Å². The van der Waals surface area contributed by atoms with Gasteiger partial charge in [-0.25, -0.2) is 0 Å². The summed E-state index contributed by atoms with van der Waals surface area (Å²) >= 11 is 3.43. The standard InChI is InChI=1S/C21H28BrN3O3/c1-2-3-9-23-20(27)15-6-5-10-24(13-15)21(28)16-11-19(26)25(14-16)18-8-4-7-17(22)12-18/h4,7-8,12,15-16H,2-3,5-6,9-11,13-14H2,1H3,(H,23,27). The number of anilines is 1. The number of nitrogens with one attached hydrogen (secondary N) is 1. The Morgan fingerprint density at radius 2 is 2.07 bits per heavy atom. The van der Waals surface area contributed by atoms with Crippen LogP contribution in [0.2, 0.25) is 0 Å². The van der Waals surface area contributed by atoms with Gasteiger partial charge < -0.3 is 15.1 Å². The van der Waals surface area contributed by atoms with Crippen LogP contribution in [-0.4, -0.2) is 48.8 Å². The average Bonchev–Trinajstić information content (AvgIpc) is 3.09. The first-order valence-electron chi connectivity index (χ1n) is 10.1. The van der Waals surface area contributed by atoms with Crippen LogP contribution in [0.1, 0.15) is 39.0 Å². The second-order valence-electron chi connectivity index (χ2n) is 7.65. The van der Waals surface area contributed by atoms with Crippen LogP contribution >= 0.6 is 15.9 Å². The molecule has 0 aromatic heterocycles. The van der Waals surface area contributed by atoms with Crippen molar-refractivity contribution in [2.24, 2.45) is 11.8 Å². The van der Waals surface area contributed by atoms with Gasteiger partial charge >= 0.3 is 0 Å². The van der Waals surface area contributed by atoms with E-state index in [1.54, 1.807) is 9.80 Å². The quantitative estimate of drug-likeness (QED) is 0.678. The van der Waals surface area contributed by atoms with Gasteiger partial charge in [0.15, 0.2) is 0 Å². The number of unbranched alkanes of at least 4 members (excludes halogenated alkanes) is 1. The lowest BCUT2D eigenvalue weighted by Gasteiger charge is -2.33. The number of piperidine rings is 1. The Morgan fingerprint density at radius 1 is 1.25 bits per heavy atom. The second kappa shape index (κ2) is 9.54. The van der Waals surface area contributed by atoms with Crippen molar-refractivity contribution in [2.45, 2.75) is 39.0 Å². The smallest absolute Gasteiger partial charge is 0.228 e. The number of benzene rings is 1. The lowest BCUT2D eigenvalue weighted by Crippen LogP contribution is -2.47. The summed E-state index contributed by atoms with van der Waals surface area (Å²) in [6.45, 7) is 4.31. The maximum Gasteiger partial charge on any atom is 0.228 e. The molecule has 7 heteroatoms. The van der Waals surface area contributed by atoms with E-state index in [0.717, 1.165) is 35.8 Å². The van der Waals surface area contributed by atoms with Crippen LogP contribution in [-0.2, 0) is 14.4 Å².